The molecule has 232 valence electrons. The molecule has 1 saturated heterocycles. The van der Waals surface area contributed by atoms with Crippen molar-refractivity contribution >= 4 is 34.9 Å². The number of thiophene rings is 1. The highest BCUT2D eigenvalue weighted by Gasteiger charge is 2.40. The number of ether oxygens (including phenoxy) is 1. The Hall–Kier alpha value is -5.03. The predicted octanol–water partition coefficient (Wildman–Crippen LogP) is 5.26. The van der Waals surface area contributed by atoms with Crippen LogP contribution in [0.5, 0.6) is 11.5 Å². The molecule has 0 saturated carbocycles. The maximum absolute atomic E-state index is 13.6. The summed E-state index contributed by atoms with van der Waals surface area (Å²) in [7, 11) is 0. The summed E-state index contributed by atoms with van der Waals surface area (Å²) < 4.78 is 18.8. The van der Waals surface area contributed by atoms with Crippen LogP contribution < -0.4 is 21.1 Å². The molecule has 1 aliphatic heterocycles. The van der Waals surface area contributed by atoms with Crippen molar-refractivity contribution < 1.29 is 23.5 Å². The lowest BCUT2D eigenvalue weighted by Crippen LogP contribution is -2.49. The number of nitrogen functional groups attached to an aromatic ring is 1. The molecular formula is C34H34FN5O4S. The van der Waals surface area contributed by atoms with E-state index in [9.17, 15) is 18.8 Å². The quantitative estimate of drug-likeness (QED) is 0.140. The molecule has 2 heterocycles. The number of amides is 3. The second kappa shape index (κ2) is 13.7. The molecule has 3 atom stereocenters. The fourth-order valence-electron chi connectivity index (χ4n) is 5.40. The molecule has 1 aliphatic rings. The van der Waals surface area contributed by atoms with Gasteiger partial charge in [0.25, 0.3) is 5.91 Å². The third-order valence-electron chi connectivity index (χ3n) is 7.83. The molecule has 0 bridgehead atoms. The van der Waals surface area contributed by atoms with Gasteiger partial charge in [-0.15, -0.1) is 11.3 Å². The van der Waals surface area contributed by atoms with Crippen LogP contribution in [-0.4, -0.2) is 47.6 Å². The summed E-state index contributed by atoms with van der Waals surface area (Å²) in [6.45, 7) is 3.93. The molecule has 1 fully saturated rings. The zero-order chi connectivity index (χ0) is 32.1. The van der Waals surface area contributed by atoms with Gasteiger partial charge in [0.1, 0.15) is 29.2 Å². The Morgan fingerprint density at radius 1 is 1.04 bits per heavy atom. The Bertz CT molecular complexity index is 1710. The average Bonchev–Trinajstić information content (AvgIpc) is 3.71. The van der Waals surface area contributed by atoms with Crippen molar-refractivity contribution in [1.29, 1.82) is 5.41 Å². The molecule has 3 amide bonds. The molecule has 9 nitrogen and oxygen atoms in total. The van der Waals surface area contributed by atoms with Gasteiger partial charge in [0.2, 0.25) is 11.8 Å². The monoisotopic (exact) mass is 627 g/mol. The summed E-state index contributed by atoms with van der Waals surface area (Å²) in [5, 5.41) is 15.1. The van der Waals surface area contributed by atoms with Crippen molar-refractivity contribution in [3.8, 4) is 11.5 Å². The lowest BCUT2D eigenvalue weighted by molar-refractivity contribution is -0.137. The highest BCUT2D eigenvalue weighted by molar-refractivity contribution is 7.10. The van der Waals surface area contributed by atoms with Gasteiger partial charge in [-0.3, -0.25) is 19.8 Å². The number of amidine groups is 1. The summed E-state index contributed by atoms with van der Waals surface area (Å²) in [6.07, 6.45) is 0.446. The van der Waals surface area contributed by atoms with Gasteiger partial charge in [-0.05, 0) is 86.0 Å². The van der Waals surface area contributed by atoms with Gasteiger partial charge in [0.05, 0.1) is 12.6 Å². The lowest BCUT2D eigenvalue weighted by Gasteiger charge is -2.25. The van der Waals surface area contributed by atoms with Crippen LogP contribution in [0.3, 0.4) is 0 Å². The summed E-state index contributed by atoms with van der Waals surface area (Å²) in [4.78, 5) is 42.4. The Kier molecular flexibility index (Phi) is 9.58. The van der Waals surface area contributed by atoms with E-state index in [-0.39, 0.29) is 42.0 Å². The van der Waals surface area contributed by atoms with E-state index >= 15 is 0 Å². The normalized spacial score (nSPS) is 16.6. The minimum atomic E-state index is -0.725. The summed E-state index contributed by atoms with van der Waals surface area (Å²) in [5.74, 6) is -0.619. The molecule has 1 aromatic heterocycles. The first-order chi connectivity index (χ1) is 21.6. The van der Waals surface area contributed by atoms with Crippen LogP contribution in [-0.2, 0) is 9.59 Å². The Labute approximate surface area is 264 Å². The lowest BCUT2D eigenvalue weighted by atomic mass is 9.92. The van der Waals surface area contributed by atoms with Crippen molar-refractivity contribution in [2.24, 2.45) is 5.73 Å². The predicted molar refractivity (Wildman–Crippen MR) is 171 cm³/mol. The largest absolute Gasteiger partial charge is 0.457 e. The third kappa shape index (κ3) is 7.55. The Morgan fingerprint density at radius 3 is 2.36 bits per heavy atom. The molecule has 0 aliphatic carbocycles. The SMILES string of the molecule is Cc1ccccc1[C@H]1C[C@@H](C(=O)N[C@H](C)c2cc(C(=N)N)cs2)N(C(=O)CNC(=O)c2ccc(Oc3ccc(F)cc3)cc2)C1. The van der Waals surface area contributed by atoms with Crippen LogP contribution in [0.4, 0.5) is 4.39 Å². The van der Waals surface area contributed by atoms with E-state index in [1.165, 1.54) is 35.6 Å². The van der Waals surface area contributed by atoms with Gasteiger partial charge < -0.3 is 26.0 Å². The van der Waals surface area contributed by atoms with Crippen molar-refractivity contribution in [2.45, 2.75) is 38.3 Å². The van der Waals surface area contributed by atoms with Gasteiger partial charge >= 0.3 is 0 Å². The van der Waals surface area contributed by atoms with E-state index in [0.29, 0.717) is 35.6 Å². The van der Waals surface area contributed by atoms with E-state index in [0.717, 1.165) is 16.0 Å². The molecule has 4 aromatic rings. The van der Waals surface area contributed by atoms with Crippen LogP contribution in [0.1, 0.15) is 57.2 Å². The number of halogens is 1. The maximum atomic E-state index is 13.6. The second-order valence-electron chi connectivity index (χ2n) is 11.0. The number of rotatable bonds is 10. The minimum Gasteiger partial charge on any atom is -0.457 e. The molecule has 45 heavy (non-hydrogen) atoms. The second-order valence-corrected chi connectivity index (χ2v) is 11.9. The van der Waals surface area contributed by atoms with Crippen molar-refractivity contribution in [2.75, 3.05) is 13.1 Å². The molecule has 0 spiro atoms. The van der Waals surface area contributed by atoms with E-state index < -0.39 is 11.9 Å². The number of carbonyl (C=O) groups excluding carboxylic acids is 3. The van der Waals surface area contributed by atoms with Crippen LogP contribution in [0.25, 0.3) is 0 Å². The van der Waals surface area contributed by atoms with Gasteiger partial charge in [0.15, 0.2) is 0 Å². The molecule has 5 N–H and O–H groups in total. The number of aryl methyl sites for hydroxylation is 1. The number of carbonyl (C=O) groups is 3. The number of nitrogens with zero attached hydrogens (tertiary/aromatic N) is 1. The van der Waals surface area contributed by atoms with E-state index in [2.05, 4.69) is 10.6 Å². The number of likely N-dealkylation sites (tertiary alicyclic amines) is 1. The minimum absolute atomic E-state index is 0.0408. The first-order valence-corrected chi connectivity index (χ1v) is 15.4. The topological polar surface area (TPSA) is 138 Å². The first-order valence-electron chi connectivity index (χ1n) is 14.5. The van der Waals surface area contributed by atoms with Crippen molar-refractivity contribution in [3.63, 3.8) is 0 Å². The molecule has 5 rings (SSSR count). The maximum Gasteiger partial charge on any atom is 0.251 e. The van der Waals surface area contributed by atoms with Gasteiger partial charge in [-0.25, -0.2) is 4.39 Å². The highest BCUT2D eigenvalue weighted by atomic mass is 32.1. The summed E-state index contributed by atoms with van der Waals surface area (Å²) in [5.41, 5.74) is 8.69. The van der Waals surface area contributed by atoms with Crippen LogP contribution in [0, 0.1) is 18.2 Å². The molecule has 11 heteroatoms. The first kappa shape index (κ1) is 31.4. The van der Waals surface area contributed by atoms with Gasteiger partial charge in [-0.1, -0.05) is 24.3 Å². The Balaban J connectivity index is 1.24. The zero-order valence-electron chi connectivity index (χ0n) is 24.9. The van der Waals surface area contributed by atoms with E-state index in [1.807, 2.05) is 38.1 Å². The summed E-state index contributed by atoms with van der Waals surface area (Å²) >= 11 is 1.40. The zero-order valence-corrected chi connectivity index (χ0v) is 25.7. The summed E-state index contributed by atoms with van der Waals surface area (Å²) in [6, 6.07) is 20.6. The van der Waals surface area contributed by atoms with Gasteiger partial charge in [0, 0.05) is 33.8 Å². The fourth-order valence-corrected chi connectivity index (χ4v) is 6.32. The van der Waals surface area contributed by atoms with Crippen molar-refractivity contribution in [3.05, 3.63) is 117 Å². The number of nitrogens with two attached hydrogens (primary N) is 1. The molecule has 3 aromatic carbocycles. The van der Waals surface area contributed by atoms with E-state index in [4.69, 9.17) is 15.9 Å². The van der Waals surface area contributed by atoms with Crippen LogP contribution in [0.15, 0.2) is 84.2 Å². The smallest absolute Gasteiger partial charge is 0.251 e. The third-order valence-corrected chi connectivity index (χ3v) is 8.95. The van der Waals surface area contributed by atoms with Crippen LogP contribution >= 0.6 is 11.3 Å². The number of hydrogen-bond acceptors (Lipinski definition) is 6. The van der Waals surface area contributed by atoms with Crippen molar-refractivity contribution in [1.82, 2.24) is 15.5 Å². The standard InChI is InChI=1S/C34H34FN5O4S/c1-20-5-3-4-6-28(20)23-15-29(34(43)39-21(2)30-16-24(19-45-30)32(36)37)40(18-23)31(41)17-38-33(42)22-7-11-26(12-8-22)44-27-13-9-25(35)10-14-27/h3-14,16,19,21,23,29H,15,17-18H2,1-2H3,(H3,36,37)(H,38,42)(H,39,43)/t21-,23+,29+/m1/s1. The highest BCUT2D eigenvalue weighted by Crippen LogP contribution is 2.34. The van der Waals surface area contributed by atoms with E-state index in [1.54, 1.807) is 40.6 Å². The number of nitrogens with one attached hydrogen (secondary N) is 3. The Morgan fingerprint density at radius 2 is 1.71 bits per heavy atom. The van der Waals surface area contributed by atoms with Gasteiger partial charge in [-0.2, -0.15) is 0 Å². The average molecular weight is 628 g/mol. The fraction of sp³-hybridized carbons (Fsp3) is 0.235. The van der Waals surface area contributed by atoms with Crippen LogP contribution in [0.2, 0.25) is 0 Å². The molecule has 0 radical (unpaired) electrons. The molecule has 0 unspecified atom stereocenters. The number of hydrogen-bond donors (Lipinski definition) is 4. The molecular weight excluding hydrogens is 593 g/mol. The number of benzene rings is 3.